The van der Waals surface area contributed by atoms with Gasteiger partial charge in [0.05, 0.1) is 5.56 Å². The Morgan fingerprint density at radius 1 is 1.19 bits per heavy atom. The lowest BCUT2D eigenvalue weighted by molar-refractivity contribution is -0.158. The van der Waals surface area contributed by atoms with Crippen LogP contribution < -0.4 is 0 Å². The predicted molar refractivity (Wildman–Crippen MR) is 67.5 cm³/mol. The fourth-order valence-corrected chi connectivity index (χ4v) is 2.35. The van der Waals surface area contributed by atoms with E-state index in [2.05, 4.69) is 0 Å². The number of ether oxygens (including phenoxy) is 5. The maximum absolute atomic E-state index is 11.9. The molecule has 0 radical (unpaired) electrons. The van der Waals surface area contributed by atoms with Crippen molar-refractivity contribution in [2.24, 2.45) is 0 Å². The van der Waals surface area contributed by atoms with Crippen LogP contribution in [0, 0.1) is 0 Å². The third-order valence-corrected chi connectivity index (χ3v) is 3.35. The Hall–Kier alpha value is -2.12. The molecule has 7 nitrogen and oxygen atoms in total. The molecule has 2 fully saturated rings. The Kier molecular flexibility index (Phi) is 3.76. The van der Waals surface area contributed by atoms with Gasteiger partial charge in [-0.2, -0.15) is 0 Å². The molecule has 0 aliphatic carbocycles. The van der Waals surface area contributed by atoms with Gasteiger partial charge in [0.2, 0.25) is 0 Å². The van der Waals surface area contributed by atoms with Crippen LogP contribution in [0.3, 0.4) is 0 Å². The topological polar surface area (TPSA) is 80.3 Å². The number of rotatable bonds is 4. The van der Waals surface area contributed by atoms with Gasteiger partial charge < -0.3 is 23.7 Å². The number of carbonyl (C=O) groups is 2. The maximum atomic E-state index is 11.9. The van der Waals surface area contributed by atoms with Crippen molar-refractivity contribution in [1.82, 2.24) is 0 Å². The van der Waals surface area contributed by atoms with Crippen molar-refractivity contribution >= 4 is 12.1 Å². The van der Waals surface area contributed by atoms with Crippen LogP contribution in [0.1, 0.15) is 10.4 Å². The van der Waals surface area contributed by atoms with Gasteiger partial charge in [-0.15, -0.1) is 0 Å². The summed E-state index contributed by atoms with van der Waals surface area (Å²) in [5, 5.41) is 0. The molecular formula is C14H14O7. The number of hydrogen-bond donors (Lipinski definition) is 0. The van der Waals surface area contributed by atoms with E-state index in [1.807, 2.05) is 0 Å². The minimum Gasteiger partial charge on any atom is -0.459 e. The second kappa shape index (κ2) is 5.71. The fourth-order valence-electron chi connectivity index (χ4n) is 2.35. The van der Waals surface area contributed by atoms with Crippen LogP contribution in [-0.4, -0.2) is 50.4 Å². The highest BCUT2D eigenvalue weighted by atomic mass is 16.8. The van der Waals surface area contributed by atoms with E-state index in [1.54, 1.807) is 30.3 Å². The molecule has 4 unspecified atom stereocenters. The number of benzene rings is 1. The summed E-state index contributed by atoms with van der Waals surface area (Å²) >= 11 is 0. The number of hydrogen-bond acceptors (Lipinski definition) is 7. The Bertz CT molecular complexity index is 529. The van der Waals surface area contributed by atoms with E-state index in [0.29, 0.717) is 5.56 Å². The molecule has 112 valence electrons. The van der Waals surface area contributed by atoms with Gasteiger partial charge in [-0.05, 0) is 12.1 Å². The van der Waals surface area contributed by atoms with Crippen molar-refractivity contribution in [2.45, 2.75) is 24.6 Å². The smallest absolute Gasteiger partial charge is 0.459 e. The average Bonchev–Trinajstić information content (AvgIpc) is 3.03. The van der Waals surface area contributed by atoms with Gasteiger partial charge in [0.1, 0.15) is 12.7 Å². The van der Waals surface area contributed by atoms with Crippen molar-refractivity contribution in [3.05, 3.63) is 35.9 Å². The van der Waals surface area contributed by atoms with Gasteiger partial charge >= 0.3 is 12.1 Å². The zero-order valence-electron chi connectivity index (χ0n) is 11.3. The average molecular weight is 294 g/mol. The van der Waals surface area contributed by atoms with Gasteiger partial charge in [0, 0.05) is 7.11 Å². The summed E-state index contributed by atoms with van der Waals surface area (Å²) in [5.41, 5.74) is 0.440. The molecule has 0 bridgehead atoms. The highest BCUT2D eigenvalue weighted by Gasteiger charge is 2.55. The first-order chi connectivity index (χ1) is 10.2. The van der Waals surface area contributed by atoms with Crippen LogP contribution in [0.2, 0.25) is 0 Å². The summed E-state index contributed by atoms with van der Waals surface area (Å²) in [7, 11) is 1.44. The lowest BCUT2D eigenvalue weighted by Crippen LogP contribution is -2.33. The van der Waals surface area contributed by atoms with Gasteiger partial charge in [-0.25, -0.2) is 9.59 Å². The number of methoxy groups -OCH3 is 1. The summed E-state index contributed by atoms with van der Waals surface area (Å²) < 4.78 is 25.7. The van der Waals surface area contributed by atoms with Crippen LogP contribution in [0.5, 0.6) is 0 Å². The molecule has 2 aliphatic rings. The molecule has 2 heterocycles. The molecular weight excluding hydrogens is 280 g/mol. The second-order valence-electron chi connectivity index (χ2n) is 4.66. The molecule has 2 aliphatic heterocycles. The van der Waals surface area contributed by atoms with Crippen LogP contribution in [0.25, 0.3) is 0 Å². The van der Waals surface area contributed by atoms with Crippen LogP contribution >= 0.6 is 0 Å². The summed E-state index contributed by atoms with van der Waals surface area (Å²) in [6, 6.07) is 8.59. The first kappa shape index (κ1) is 13.8. The summed E-state index contributed by atoms with van der Waals surface area (Å²) in [4.78, 5) is 23.0. The van der Waals surface area contributed by atoms with Crippen LogP contribution in [0.15, 0.2) is 30.3 Å². The molecule has 3 rings (SSSR count). The lowest BCUT2D eigenvalue weighted by Gasteiger charge is -2.15. The van der Waals surface area contributed by atoms with Crippen LogP contribution in [-0.2, 0) is 23.7 Å². The minimum atomic E-state index is -0.769. The number of fused-ring (bicyclic) bond motifs is 1. The van der Waals surface area contributed by atoms with E-state index >= 15 is 0 Å². The first-order valence-electron chi connectivity index (χ1n) is 6.46. The van der Waals surface area contributed by atoms with E-state index < -0.39 is 36.7 Å². The van der Waals surface area contributed by atoms with Crippen LogP contribution in [0.4, 0.5) is 4.79 Å². The van der Waals surface area contributed by atoms with Gasteiger partial charge in [0.25, 0.3) is 0 Å². The van der Waals surface area contributed by atoms with Gasteiger partial charge in [-0.1, -0.05) is 18.2 Å². The predicted octanol–water partition coefficient (Wildman–Crippen LogP) is 1.12. The molecule has 7 heteroatoms. The molecule has 0 aromatic heterocycles. The molecule has 1 aromatic rings. The maximum Gasteiger partial charge on any atom is 0.509 e. The second-order valence-corrected chi connectivity index (χ2v) is 4.66. The van der Waals surface area contributed by atoms with E-state index in [1.165, 1.54) is 7.11 Å². The molecule has 0 N–H and O–H groups in total. The molecule has 1 aromatic carbocycles. The van der Waals surface area contributed by atoms with E-state index in [4.69, 9.17) is 23.7 Å². The minimum absolute atomic E-state index is 0.0502. The Morgan fingerprint density at radius 2 is 1.90 bits per heavy atom. The Morgan fingerprint density at radius 3 is 2.62 bits per heavy atom. The van der Waals surface area contributed by atoms with Gasteiger partial charge in [-0.3, -0.25) is 0 Å². The largest absolute Gasteiger partial charge is 0.509 e. The van der Waals surface area contributed by atoms with Gasteiger partial charge in [0.15, 0.2) is 18.5 Å². The Labute approximate surface area is 120 Å². The van der Waals surface area contributed by atoms with Crippen molar-refractivity contribution in [3.63, 3.8) is 0 Å². The van der Waals surface area contributed by atoms with Crippen molar-refractivity contribution < 1.29 is 33.3 Å². The highest BCUT2D eigenvalue weighted by Crippen LogP contribution is 2.32. The zero-order chi connectivity index (χ0) is 14.8. The first-order valence-corrected chi connectivity index (χ1v) is 6.46. The standard InChI is InChI=1S/C14H14O7/c1-17-13-11-10(20-14(16)21-11)9(19-13)7-18-12(15)8-5-3-2-4-6-8/h2-6,9-11,13H,7H2,1H3. The molecule has 4 atom stereocenters. The van der Waals surface area contributed by atoms with E-state index in [9.17, 15) is 9.59 Å². The van der Waals surface area contributed by atoms with Crippen molar-refractivity contribution in [2.75, 3.05) is 13.7 Å². The number of esters is 1. The van der Waals surface area contributed by atoms with Crippen molar-refractivity contribution in [1.29, 1.82) is 0 Å². The third kappa shape index (κ3) is 2.70. The Balaban J connectivity index is 1.60. The van der Waals surface area contributed by atoms with E-state index in [0.717, 1.165) is 0 Å². The quantitative estimate of drug-likeness (QED) is 0.770. The summed E-state index contributed by atoms with van der Waals surface area (Å²) in [5.74, 6) is -0.471. The molecule has 21 heavy (non-hydrogen) atoms. The normalized spacial score (nSPS) is 30.4. The molecule has 0 spiro atoms. The molecule has 2 saturated heterocycles. The SMILES string of the molecule is COC1OC(COC(=O)c2ccccc2)C2OC(=O)OC12. The zero-order valence-corrected chi connectivity index (χ0v) is 11.3. The molecule has 0 saturated carbocycles. The summed E-state index contributed by atoms with van der Waals surface area (Å²) in [6.07, 6.45) is -3.37. The lowest BCUT2D eigenvalue weighted by atomic mass is 10.1. The summed E-state index contributed by atoms with van der Waals surface area (Å²) in [6.45, 7) is -0.0502. The fraction of sp³-hybridized carbons (Fsp3) is 0.429. The highest BCUT2D eigenvalue weighted by molar-refractivity contribution is 5.89. The monoisotopic (exact) mass is 294 g/mol. The molecule has 0 amide bonds. The third-order valence-electron chi connectivity index (χ3n) is 3.35. The number of carbonyl (C=O) groups excluding carboxylic acids is 2. The van der Waals surface area contributed by atoms with Crippen molar-refractivity contribution in [3.8, 4) is 0 Å². The van der Waals surface area contributed by atoms with E-state index in [-0.39, 0.29) is 6.61 Å².